The van der Waals surface area contributed by atoms with Crippen LogP contribution in [0.5, 0.6) is 0 Å². The van der Waals surface area contributed by atoms with Crippen LogP contribution in [0.3, 0.4) is 0 Å². The van der Waals surface area contributed by atoms with Crippen molar-refractivity contribution < 1.29 is 19.8 Å². The van der Waals surface area contributed by atoms with Gasteiger partial charge in [0.15, 0.2) is 0 Å². The predicted octanol–water partition coefficient (Wildman–Crippen LogP) is 2.61. The summed E-state index contributed by atoms with van der Waals surface area (Å²) in [6.45, 7) is 1.43. The molecule has 0 heterocycles. The molecule has 0 saturated heterocycles. The molecule has 0 aliphatic rings. The quantitative estimate of drug-likeness (QED) is 0.267. The first-order valence-corrected chi connectivity index (χ1v) is 11.1. The fraction of sp³-hybridized carbons (Fsp3) is 0.417. The van der Waals surface area contributed by atoms with Crippen molar-refractivity contribution in [2.24, 2.45) is 0 Å². The number of nitrogens with one attached hydrogen (secondary N) is 4. The largest absolute Gasteiger partial charge is 0.387 e. The molecule has 0 unspecified atom stereocenters. The summed E-state index contributed by atoms with van der Waals surface area (Å²) < 4.78 is 0. The van der Waals surface area contributed by atoms with Gasteiger partial charge in [-0.05, 0) is 24.0 Å². The fourth-order valence-corrected chi connectivity index (χ4v) is 3.10. The van der Waals surface area contributed by atoms with Crippen LogP contribution in [0, 0.1) is 0 Å². The summed E-state index contributed by atoms with van der Waals surface area (Å²) in [6, 6.07) is 17.8. The average Bonchev–Trinajstić information content (AvgIpc) is 2.83. The molecule has 0 aromatic heterocycles. The first-order valence-electron chi connectivity index (χ1n) is 11.1. The number of urea groups is 2. The second-order valence-electron chi connectivity index (χ2n) is 7.54. The lowest BCUT2D eigenvalue weighted by Gasteiger charge is -2.13. The predicted molar refractivity (Wildman–Crippen MR) is 124 cm³/mol. The van der Waals surface area contributed by atoms with Crippen molar-refractivity contribution in [3.8, 4) is 0 Å². The second kappa shape index (κ2) is 14.8. The third-order valence-electron chi connectivity index (χ3n) is 4.96. The number of benzene rings is 2. The lowest BCUT2D eigenvalue weighted by molar-refractivity contribution is 0.173. The molecule has 0 aliphatic heterocycles. The molecular formula is C24H34N4O4. The molecular weight excluding hydrogens is 408 g/mol. The monoisotopic (exact) mass is 442 g/mol. The van der Waals surface area contributed by atoms with Crippen LogP contribution in [-0.4, -0.2) is 48.5 Å². The Morgan fingerprint density at radius 3 is 1.34 bits per heavy atom. The molecule has 2 atom stereocenters. The van der Waals surface area contributed by atoms with Gasteiger partial charge in [-0.15, -0.1) is 0 Å². The zero-order valence-electron chi connectivity index (χ0n) is 18.3. The van der Waals surface area contributed by atoms with E-state index in [1.165, 1.54) is 0 Å². The van der Waals surface area contributed by atoms with Crippen molar-refractivity contribution in [3.05, 3.63) is 71.8 Å². The van der Waals surface area contributed by atoms with Crippen LogP contribution in [-0.2, 0) is 0 Å². The van der Waals surface area contributed by atoms with Gasteiger partial charge in [0, 0.05) is 26.2 Å². The lowest BCUT2D eigenvalue weighted by atomic mass is 10.1. The molecule has 2 aromatic rings. The van der Waals surface area contributed by atoms with Crippen molar-refractivity contribution >= 4 is 12.1 Å². The zero-order valence-corrected chi connectivity index (χ0v) is 18.3. The van der Waals surface area contributed by atoms with Gasteiger partial charge in [-0.25, -0.2) is 9.59 Å². The topological polar surface area (TPSA) is 123 Å². The van der Waals surface area contributed by atoms with E-state index in [9.17, 15) is 19.8 Å². The minimum atomic E-state index is -0.728. The van der Waals surface area contributed by atoms with E-state index in [0.29, 0.717) is 13.1 Å². The maximum absolute atomic E-state index is 11.8. The highest BCUT2D eigenvalue weighted by molar-refractivity contribution is 5.74. The van der Waals surface area contributed by atoms with Crippen LogP contribution in [0.4, 0.5) is 9.59 Å². The van der Waals surface area contributed by atoms with Crippen molar-refractivity contribution in [3.63, 3.8) is 0 Å². The molecule has 0 spiro atoms. The minimum Gasteiger partial charge on any atom is -0.387 e. The summed E-state index contributed by atoms with van der Waals surface area (Å²) in [5.74, 6) is 0. The molecule has 32 heavy (non-hydrogen) atoms. The Morgan fingerprint density at radius 2 is 0.969 bits per heavy atom. The third-order valence-corrected chi connectivity index (χ3v) is 4.96. The van der Waals surface area contributed by atoms with Crippen LogP contribution in [0.1, 0.15) is 49.0 Å². The summed E-state index contributed by atoms with van der Waals surface area (Å²) in [4.78, 5) is 23.6. The van der Waals surface area contributed by atoms with Crippen LogP contribution < -0.4 is 21.3 Å². The molecule has 8 heteroatoms. The SMILES string of the molecule is O=C(NCCCCCCNC(=O)NC[C@H](O)c1ccccc1)NC[C@@H](O)c1ccccc1. The maximum Gasteiger partial charge on any atom is 0.314 e. The van der Waals surface area contributed by atoms with Crippen molar-refractivity contribution in [2.75, 3.05) is 26.2 Å². The Kier molecular flexibility index (Phi) is 11.7. The first kappa shape index (κ1) is 25.2. The molecule has 0 aliphatic carbocycles. The van der Waals surface area contributed by atoms with Gasteiger partial charge < -0.3 is 31.5 Å². The van der Waals surface area contributed by atoms with Crippen molar-refractivity contribution in [1.29, 1.82) is 0 Å². The summed E-state index contributed by atoms with van der Waals surface area (Å²) in [6.07, 6.45) is 2.08. The molecule has 6 N–H and O–H groups in total. The molecule has 4 amide bonds. The molecule has 0 bridgehead atoms. The van der Waals surface area contributed by atoms with E-state index >= 15 is 0 Å². The first-order chi connectivity index (χ1) is 15.6. The Bertz CT molecular complexity index is 722. The van der Waals surface area contributed by atoms with Crippen LogP contribution in [0.15, 0.2) is 60.7 Å². The van der Waals surface area contributed by atoms with Gasteiger partial charge in [-0.2, -0.15) is 0 Å². The molecule has 8 nitrogen and oxygen atoms in total. The van der Waals surface area contributed by atoms with Gasteiger partial charge in [0.1, 0.15) is 0 Å². The number of aliphatic hydroxyl groups excluding tert-OH is 2. The van der Waals surface area contributed by atoms with Gasteiger partial charge in [-0.1, -0.05) is 73.5 Å². The van der Waals surface area contributed by atoms with Crippen LogP contribution in [0.25, 0.3) is 0 Å². The van der Waals surface area contributed by atoms with Gasteiger partial charge in [0.2, 0.25) is 0 Å². The number of amides is 4. The van der Waals surface area contributed by atoms with Crippen molar-refractivity contribution in [2.45, 2.75) is 37.9 Å². The second-order valence-corrected chi connectivity index (χ2v) is 7.54. The molecule has 2 rings (SSSR count). The Hall–Kier alpha value is -3.10. The van der Waals surface area contributed by atoms with Crippen molar-refractivity contribution in [1.82, 2.24) is 21.3 Å². The van der Waals surface area contributed by atoms with E-state index in [-0.39, 0.29) is 25.2 Å². The van der Waals surface area contributed by atoms with E-state index in [0.717, 1.165) is 36.8 Å². The highest BCUT2D eigenvalue weighted by atomic mass is 16.3. The molecule has 2 aromatic carbocycles. The minimum absolute atomic E-state index is 0.159. The van der Waals surface area contributed by atoms with Gasteiger partial charge in [-0.3, -0.25) is 0 Å². The zero-order chi connectivity index (χ0) is 23.0. The summed E-state index contributed by atoms with van der Waals surface area (Å²) in [7, 11) is 0. The van der Waals surface area contributed by atoms with E-state index in [1.54, 1.807) is 0 Å². The lowest BCUT2D eigenvalue weighted by Crippen LogP contribution is -2.38. The number of aliphatic hydroxyl groups is 2. The van der Waals surface area contributed by atoms with Crippen LogP contribution in [0.2, 0.25) is 0 Å². The Balaban J connectivity index is 1.41. The average molecular weight is 443 g/mol. The van der Waals surface area contributed by atoms with Crippen LogP contribution >= 0.6 is 0 Å². The van der Waals surface area contributed by atoms with Gasteiger partial charge in [0.25, 0.3) is 0 Å². The van der Waals surface area contributed by atoms with E-state index in [4.69, 9.17) is 0 Å². The number of rotatable bonds is 13. The van der Waals surface area contributed by atoms with E-state index in [2.05, 4.69) is 21.3 Å². The number of carbonyl (C=O) groups excluding carboxylic acids is 2. The Morgan fingerprint density at radius 1 is 0.594 bits per heavy atom. The van der Waals surface area contributed by atoms with E-state index < -0.39 is 12.2 Å². The highest BCUT2D eigenvalue weighted by Crippen LogP contribution is 2.11. The highest BCUT2D eigenvalue weighted by Gasteiger charge is 2.09. The molecule has 174 valence electrons. The molecule has 0 radical (unpaired) electrons. The standard InChI is InChI=1S/C24H34N4O4/c29-21(19-11-5-3-6-12-19)17-27-23(31)25-15-9-1-2-10-16-26-24(32)28-18-22(30)20-13-7-4-8-14-20/h3-8,11-14,21-22,29-30H,1-2,9-10,15-18H2,(H2,25,27,31)(H2,26,28,32)/t21-,22+. The Labute approximate surface area is 189 Å². The number of hydrogen-bond donors (Lipinski definition) is 6. The number of carbonyl (C=O) groups is 2. The third kappa shape index (κ3) is 10.3. The number of hydrogen-bond acceptors (Lipinski definition) is 4. The molecule has 0 saturated carbocycles. The molecule has 0 fully saturated rings. The normalized spacial score (nSPS) is 12.4. The smallest absolute Gasteiger partial charge is 0.314 e. The summed E-state index contributed by atoms with van der Waals surface area (Å²) in [5, 5.41) is 30.9. The summed E-state index contributed by atoms with van der Waals surface area (Å²) >= 11 is 0. The van der Waals surface area contributed by atoms with E-state index in [1.807, 2.05) is 60.7 Å². The van der Waals surface area contributed by atoms with Gasteiger partial charge >= 0.3 is 12.1 Å². The maximum atomic E-state index is 11.8. The van der Waals surface area contributed by atoms with Gasteiger partial charge in [0.05, 0.1) is 12.2 Å². The summed E-state index contributed by atoms with van der Waals surface area (Å²) in [5.41, 5.74) is 1.53. The number of unbranched alkanes of at least 4 members (excludes halogenated alkanes) is 3. The fourth-order valence-electron chi connectivity index (χ4n) is 3.10.